The van der Waals surface area contributed by atoms with Crippen molar-refractivity contribution in [2.75, 3.05) is 50.0 Å². The number of likely N-dealkylation sites (N-methyl/N-ethyl adjacent to an activating group) is 1. The molecular formula is C19H21IN6. The second-order valence-corrected chi connectivity index (χ2v) is 7.81. The summed E-state index contributed by atoms with van der Waals surface area (Å²) in [6.45, 7) is 4.79. The third kappa shape index (κ3) is 3.88. The number of anilines is 2. The van der Waals surface area contributed by atoms with Crippen LogP contribution in [0.15, 0.2) is 41.8 Å². The molecule has 1 fully saturated rings. The summed E-state index contributed by atoms with van der Waals surface area (Å²) in [6.07, 6.45) is 7.58. The van der Waals surface area contributed by atoms with Crippen LogP contribution in [0.25, 0.3) is 5.57 Å². The summed E-state index contributed by atoms with van der Waals surface area (Å²) in [4.78, 5) is 18.1. The summed E-state index contributed by atoms with van der Waals surface area (Å²) in [5.41, 5.74) is 3.54. The van der Waals surface area contributed by atoms with Gasteiger partial charge in [-0.3, -0.25) is 4.99 Å². The molecule has 0 amide bonds. The van der Waals surface area contributed by atoms with Gasteiger partial charge in [0.1, 0.15) is 11.6 Å². The molecule has 134 valence electrons. The first-order chi connectivity index (χ1) is 12.7. The third-order valence-electron chi connectivity index (χ3n) is 4.71. The molecule has 2 aromatic rings. The summed E-state index contributed by atoms with van der Waals surface area (Å²) in [5, 5.41) is 3.27. The number of hydrogen-bond acceptors (Lipinski definition) is 6. The summed E-state index contributed by atoms with van der Waals surface area (Å²) in [7, 11) is 2.15. The van der Waals surface area contributed by atoms with Crippen LogP contribution in [-0.2, 0) is 0 Å². The van der Waals surface area contributed by atoms with Crippen molar-refractivity contribution in [3.8, 4) is 0 Å². The molecule has 26 heavy (non-hydrogen) atoms. The molecule has 2 aliphatic rings. The number of aromatic nitrogens is 2. The number of nitrogens with zero attached hydrogens (tertiary/aromatic N) is 5. The lowest BCUT2D eigenvalue weighted by Crippen LogP contribution is -2.44. The summed E-state index contributed by atoms with van der Waals surface area (Å²) < 4.78 is 1.22. The van der Waals surface area contributed by atoms with E-state index in [1.54, 1.807) is 6.20 Å². The number of hydrogen-bond donors (Lipinski definition) is 1. The van der Waals surface area contributed by atoms with Gasteiger partial charge in [-0.25, -0.2) is 9.97 Å². The van der Waals surface area contributed by atoms with E-state index >= 15 is 0 Å². The van der Waals surface area contributed by atoms with E-state index in [-0.39, 0.29) is 0 Å². The zero-order valence-corrected chi connectivity index (χ0v) is 16.8. The van der Waals surface area contributed by atoms with Crippen molar-refractivity contribution in [3.05, 3.63) is 51.5 Å². The van der Waals surface area contributed by atoms with E-state index in [9.17, 15) is 0 Å². The predicted molar refractivity (Wildman–Crippen MR) is 115 cm³/mol. The van der Waals surface area contributed by atoms with Gasteiger partial charge in [-0.2, -0.15) is 0 Å². The first kappa shape index (κ1) is 17.4. The first-order valence-corrected chi connectivity index (χ1v) is 9.78. The van der Waals surface area contributed by atoms with E-state index in [4.69, 9.17) is 0 Å². The topological polar surface area (TPSA) is 56.6 Å². The average molecular weight is 460 g/mol. The molecule has 7 heteroatoms. The molecule has 0 saturated carbocycles. The summed E-state index contributed by atoms with van der Waals surface area (Å²) >= 11 is 2.34. The number of aliphatic imine (C=N–C) groups is 1. The Morgan fingerprint density at radius 1 is 1.12 bits per heavy atom. The highest BCUT2D eigenvalue weighted by Crippen LogP contribution is 2.24. The van der Waals surface area contributed by atoms with Crippen molar-refractivity contribution >= 4 is 46.0 Å². The Kier molecular flexibility index (Phi) is 5.16. The highest BCUT2D eigenvalue weighted by molar-refractivity contribution is 14.1. The molecule has 0 atom stereocenters. The van der Waals surface area contributed by atoms with Crippen molar-refractivity contribution in [3.63, 3.8) is 0 Å². The average Bonchev–Trinajstić information content (AvgIpc) is 2.67. The molecule has 1 N–H and O–H groups in total. The Hall–Kier alpha value is -2.00. The lowest BCUT2D eigenvalue weighted by atomic mass is 9.99. The van der Waals surface area contributed by atoms with Crippen molar-refractivity contribution in [1.29, 1.82) is 0 Å². The Balaban J connectivity index is 1.46. The molecule has 0 bridgehead atoms. The van der Waals surface area contributed by atoms with E-state index < -0.39 is 0 Å². The second-order valence-electron chi connectivity index (χ2n) is 6.57. The van der Waals surface area contributed by atoms with Gasteiger partial charge in [-0.15, -0.1) is 0 Å². The Bertz CT molecular complexity index is 838. The van der Waals surface area contributed by atoms with E-state index in [0.29, 0.717) is 6.54 Å². The largest absolute Gasteiger partial charge is 0.353 e. The van der Waals surface area contributed by atoms with Crippen molar-refractivity contribution in [2.24, 2.45) is 4.99 Å². The molecule has 3 heterocycles. The standard InChI is InChI=1S/C19H21IN6/c1-25-4-6-26(7-5-25)19-13-23-18(12-24-19)22-11-15-10-21-9-14-2-3-16(20)8-17(14)15/h2-3,8-9,11-13H,4-7,10H2,1H3,(H,22,23)/b15-11+. The monoisotopic (exact) mass is 460 g/mol. The van der Waals surface area contributed by atoms with Crippen LogP contribution in [0.2, 0.25) is 0 Å². The van der Waals surface area contributed by atoms with Gasteiger partial charge < -0.3 is 15.1 Å². The zero-order chi connectivity index (χ0) is 17.9. The highest BCUT2D eigenvalue weighted by atomic mass is 127. The number of piperazine rings is 1. The zero-order valence-electron chi connectivity index (χ0n) is 14.7. The molecular weight excluding hydrogens is 439 g/mol. The molecule has 1 saturated heterocycles. The lowest BCUT2D eigenvalue weighted by molar-refractivity contribution is 0.312. The molecule has 0 spiro atoms. The summed E-state index contributed by atoms with van der Waals surface area (Å²) in [6, 6.07) is 6.40. The Morgan fingerprint density at radius 2 is 1.96 bits per heavy atom. The number of benzene rings is 1. The van der Waals surface area contributed by atoms with Crippen LogP contribution in [0.1, 0.15) is 11.1 Å². The molecule has 0 aliphatic carbocycles. The minimum absolute atomic E-state index is 0.674. The normalized spacial score (nSPS) is 18.8. The van der Waals surface area contributed by atoms with E-state index in [2.05, 4.69) is 77.9 Å². The van der Waals surface area contributed by atoms with Gasteiger partial charge in [0.2, 0.25) is 0 Å². The minimum atomic E-state index is 0.674. The maximum atomic E-state index is 4.57. The maximum absolute atomic E-state index is 4.57. The molecule has 1 aromatic heterocycles. The van der Waals surface area contributed by atoms with Gasteiger partial charge in [0.15, 0.2) is 0 Å². The van der Waals surface area contributed by atoms with E-state index in [1.807, 2.05) is 18.6 Å². The fraction of sp³-hybridized carbons (Fsp3) is 0.316. The quantitative estimate of drug-likeness (QED) is 0.715. The number of halogens is 1. The van der Waals surface area contributed by atoms with Crippen molar-refractivity contribution in [1.82, 2.24) is 14.9 Å². The van der Waals surface area contributed by atoms with Crippen LogP contribution < -0.4 is 10.2 Å². The molecule has 0 unspecified atom stereocenters. The molecule has 6 nitrogen and oxygen atoms in total. The van der Waals surface area contributed by atoms with Gasteiger partial charge in [0.25, 0.3) is 0 Å². The van der Waals surface area contributed by atoms with Gasteiger partial charge in [-0.1, -0.05) is 6.07 Å². The molecule has 0 radical (unpaired) electrons. The Morgan fingerprint density at radius 3 is 2.73 bits per heavy atom. The number of rotatable bonds is 3. The number of nitrogens with one attached hydrogen (secondary N) is 1. The van der Waals surface area contributed by atoms with Crippen LogP contribution >= 0.6 is 22.6 Å². The maximum Gasteiger partial charge on any atom is 0.148 e. The summed E-state index contributed by atoms with van der Waals surface area (Å²) in [5.74, 6) is 1.69. The van der Waals surface area contributed by atoms with Gasteiger partial charge in [0, 0.05) is 42.2 Å². The first-order valence-electron chi connectivity index (χ1n) is 8.70. The highest BCUT2D eigenvalue weighted by Gasteiger charge is 2.15. The van der Waals surface area contributed by atoms with Gasteiger partial charge >= 0.3 is 0 Å². The van der Waals surface area contributed by atoms with Crippen molar-refractivity contribution < 1.29 is 0 Å². The lowest BCUT2D eigenvalue weighted by Gasteiger charge is -2.32. The van der Waals surface area contributed by atoms with Crippen LogP contribution in [0.3, 0.4) is 0 Å². The second kappa shape index (κ2) is 7.71. The van der Waals surface area contributed by atoms with Gasteiger partial charge in [0.05, 0.1) is 18.9 Å². The minimum Gasteiger partial charge on any atom is -0.353 e. The van der Waals surface area contributed by atoms with Crippen LogP contribution in [0.5, 0.6) is 0 Å². The van der Waals surface area contributed by atoms with E-state index in [1.165, 1.54) is 9.13 Å². The van der Waals surface area contributed by atoms with Crippen LogP contribution in [0, 0.1) is 3.57 Å². The third-order valence-corrected chi connectivity index (χ3v) is 5.38. The predicted octanol–water partition coefficient (Wildman–Crippen LogP) is 2.72. The molecule has 4 rings (SSSR count). The van der Waals surface area contributed by atoms with Crippen LogP contribution in [0.4, 0.5) is 11.6 Å². The fourth-order valence-electron chi connectivity index (χ4n) is 3.13. The fourth-order valence-corrected chi connectivity index (χ4v) is 3.62. The smallest absolute Gasteiger partial charge is 0.148 e. The van der Waals surface area contributed by atoms with Crippen LogP contribution in [-0.4, -0.2) is 60.9 Å². The molecule has 2 aliphatic heterocycles. The molecule has 1 aromatic carbocycles. The van der Waals surface area contributed by atoms with Gasteiger partial charge in [-0.05, 0) is 58.5 Å². The van der Waals surface area contributed by atoms with E-state index in [0.717, 1.165) is 49.0 Å². The van der Waals surface area contributed by atoms with Crippen molar-refractivity contribution in [2.45, 2.75) is 0 Å². The SMILES string of the molecule is CN1CCN(c2cnc(N/C=C3\CN=Cc4ccc(I)cc43)cn2)CC1. The number of fused-ring (bicyclic) bond motifs is 1. The Labute approximate surface area is 167 Å².